The minimum atomic E-state index is 0.486. The number of allylic oxidation sites excluding steroid dienone is 2. The molecule has 0 amide bonds. The highest BCUT2D eigenvalue weighted by atomic mass is 32.3. The average Bonchev–Trinajstić information content (AvgIpc) is 3.81. The van der Waals surface area contributed by atoms with Crippen LogP contribution in [-0.4, -0.2) is 60.9 Å². The summed E-state index contributed by atoms with van der Waals surface area (Å²) in [4.78, 5) is 0.972. The maximum absolute atomic E-state index is 9.58. The molecule has 0 unspecified atom stereocenters. The Labute approximate surface area is 384 Å². The number of hydrogen-bond donors (Lipinski definition) is 0. The van der Waals surface area contributed by atoms with Gasteiger partial charge >= 0.3 is 0 Å². The van der Waals surface area contributed by atoms with Crippen LogP contribution in [0.1, 0.15) is 142 Å². The van der Waals surface area contributed by atoms with E-state index in [1.54, 1.807) is 8.47 Å². The van der Waals surface area contributed by atoms with Gasteiger partial charge in [0.25, 0.3) is 0 Å². The summed E-state index contributed by atoms with van der Waals surface area (Å²) >= 11 is 18.9. The van der Waals surface area contributed by atoms with Crippen LogP contribution < -0.4 is 0 Å². The Morgan fingerprint density at radius 2 is 0.750 bits per heavy atom. The van der Waals surface area contributed by atoms with Crippen molar-refractivity contribution in [3.8, 4) is 12.1 Å². The molecule has 3 heterocycles. The first-order valence-corrected chi connectivity index (χ1v) is 30.3. The molecule has 0 spiro atoms. The van der Waals surface area contributed by atoms with Crippen molar-refractivity contribution in [1.82, 2.24) is 0 Å². The molecule has 3 rings (SSSR count). The standard InChI is InChI=1S/C42H66N2O2S10/c1-3-5-7-9-11-13-15-17-19-21-27-49-37-38(50-28-22-20-18-16-14-12-10-8-6-4-2)54-41(53-37)42-55-39-40(56-42)52-32-26-46-24-30-48-36(34-44)35(33-43)47-29-23-45-25-31-51-39/h3-32H2,1-2H3/b36-35-. The quantitative estimate of drug-likeness (QED) is 0.0863. The van der Waals surface area contributed by atoms with Crippen molar-refractivity contribution in [2.24, 2.45) is 0 Å². The third-order valence-corrected chi connectivity index (χ3v) is 22.7. The number of ether oxygens (including phenoxy) is 2. The topological polar surface area (TPSA) is 66.0 Å². The molecular formula is C42H66N2O2S10. The third kappa shape index (κ3) is 23.5. The summed E-state index contributed by atoms with van der Waals surface area (Å²) in [6.45, 7) is 7.07. The van der Waals surface area contributed by atoms with E-state index in [9.17, 15) is 10.5 Å². The maximum atomic E-state index is 9.58. The highest BCUT2D eigenvalue weighted by Gasteiger charge is 2.31. The van der Waals surface area contributed by atoms with E-state index < -0.39 is 0 Å². The molecule has 0 aliphatic carbocycles. The molecule has 0 saturated heterocycles. The molecular weight excluding hydrogens is 885 g/mol. The van der Waals surface area contributed by atoms with Crippen LogP contribution in [0.5, 0.6) is 0 Å². The Morgan fingerprint density at radius 3 is 1.11 bits per heavy atom. The van der Waals surface area contributed by atoms with Crippen molar-refractivity contribution in [3.63, 3.8) is 0 Å². The number of hydrogen-bond acceptors (Lipinski definition) is 14. The minimum Gasteiger partial charge on any atom is -0.380 e. The van der Waals surface area contributed by atoms with Gasteiger partial charge in [0, 0.05) is 23.0 Å². The molecule has 0 N–H and O–H groups in total. The Morgan fingerprint density at radius 1 is 0.429 bits per heavy atom. The Balaban J connectivity index is 1.52. The Kier molecular flexibility index (Phi) is 33.2. The molecule has 0 radical (unpaired) electrons. The summed E-state index contributed by atoms with van der Waals surface area (Å²) in [7, 11) is 0. The van der Waals surface area contributed by atoms with Crippen molar-refractivity contribution in [2.45, 2.75) is 142 Å². The van der Waals surface area contributed by atoms with E-state index >= 15 is 0 Å². The molecule has 4 nitrogen and oxygen atoms in total. The number of nitriles is 2. The van der Waals surface area contributed by atoms with Crippen LogP contribution in [-0.2, 0) is 9.47 Å². The molecule has 0 aromatic rings. The van der Waals surface area contributed by atoms with Crippen LogP contribution >= 0.6 is 118 Å². The zero-order chi connectivity index (χ0) is 39.7. The number of unbranched alkanes of at least 4 members (excludes halogenated alkanes) is 18. The van der Waals surface area contributed by atoms with Crippen LogP contribution in [0, 0.1) is 22.7 Å². The van der Waals surface area contributed by atoms with E-state index in [2.05, 4.69) is 49.5 Å². The largest absolute Gasteiger partial charge is 0.380 e. The number of nitrogens with zero attached hydrogens (tertiary/aromatic N) is 2. The Bertz CT molecular complexity index is 1210. The van der Waals surface area contributed by atoms with E-state index in [1.807, 2.05) is 70.6 Å². The van der Waals surface area contributed by atoms with E-state index in [0.717, 1.165) is 11.5 Å². The van der Waals surface area contributed by atoms with Gasteiger partial charge in [0.05, 0.1) is 51.9 Å². The van der Waals surface area contributed by atoms with Crippen LogP contribution in [0.4, 0.5) is 0 Å². The van der Waals surface area contributed by atoms with Crippen molar-refractivity contribution < 1.29 is 9.47 Å². The van der Waals surface area contributed by atoms with E-state index in [0.29, 0.717) is 47.7 Å². The molecule has 316 valence electrons. The van der Waals surface area contributed by atoms with Gasteiger partial charge in [-0.05, 0) is 24.3 Å². The summed E-state index contributed by atoms with van der Waals surface area (Å²) in [6, 6.07) is 4.42. The summed E-state index contributed by atoms with van der Waals surface area (Å²) in [6.07, 6.45) is 27.8. The second-order valence-corrected chi connectivity index (χ2v) is 26.0. The normalized spacial score (nSPS) is 19.6. The maximum Gasteiger partial charge on any atom is 0.109 e. The van der Waals surface area contributed by atoms with Crippen LogP contribution in [0.3, 0.4) is 0 Å². The van der Waals surface area contributed by atoms with Crippen molar-refractivity contribution >= 4 is 118 Å². The van der Waals surface area contributed by atoms with Crippen molar-refractivity contribution in [1.29, 1.82) is 10.5 Å². The zero-order valence-electron chi connectivity index (χ0n) is 34.0. The van der Waals surface area contributed by atoms with Crippen LogP contribution in [0.2, 0.25) is 0 Å². The predicted octanol–water partition coefficient (Wildman–Crippen LogP) is 16.9. The molecule has 0 saturated carbocycles. The summed E-state index contributed by atoms with van der Waals surface area (Å²) < 4.78 is 20.7. The molecule has 56 heavy (non-hydrogen) atoms. The first kappa shape index (κ1) is 51.7. The molecule has 0 aromatic carbocycles. The van der Waals surface area contributed by atoms with Gasteiger partial charge in [0.1, 0.15) is 21.9 Å². The SMILES string of the molecule is CCCCCCCCCCCCSC1=C(SCCCCCCCCCCCC)SC(=C2SC3=C(SCCOCCS/C(C#N)=C(/C#N)SCCOCCS3)S2)S1. The fraction of sp³-hybridized carbons (Fsp3) is 0.762. The summed E-state index contributed by atoms with van der Waals surface area (Å²) in [5, 5.41) is 19.2. The fourth-order valence-electron chi connectivity index (χ4n) is 5.87. The van der Waals surface area contributed by atoms with Gasteiger partial charge in [-0.2, -0.15) is 10.5 Å². The smallest absolute Gasteiger partial charge is 0.109 e. The lowest BCUT2D eigenvalue weighted by Crippen LogP contribution is -2.03. The zero-order valence-corrected chi connectivity index (χ0v) is 42.2. The monoisotopic (exact) mass is 950 g/mol. The lowest BCUT2D eigenvalue weighted by Gasteiger charge is -2.08. The molecule has 3 aliphatic heterocycles. The molecule has 3 aliphatic rings. The fourth-order valence-corrected chi connectivity index (χ4v) is 19.5. The highest BCUT2D eigenvalue weighted by molar-refractivity contribution is 8.45. The van der Waals surface area contributed by atoms with Gasteiger partial charge in [-0.1, -0.05) is 176 Å². The average molecular weight is 952 g/mol. The minimum absolute atomic E-state index is 0.486. The second kappa shape index (κ2) is 35.9. The summed E-state index contributed by atoms with van der Waals surface area (Å²) in [5.41, 5.74) is 0. The lowest BCUT2D eigenvalue weighted by molar-refractivity contribution is 0.167. The number of rotatable bonds is 24. The second-order valence-electron chi connectivity index (χ2n) is 13.7. The molecule has 0 aromatic heterocycles. The lowest BCUT2D eigenvalue weighted by atomic mass is 10.1. The van der Waals surface area contributed by atoms with E-state index in [4.69, 9.17) is 9.47 Å². The van der Waals surface area contributed by atoms with Crippen molar-refractivity contribution in [3.05, 3.63) is 35.2 Å². The molecule has 0 bridgehead atoms. The van der Waals surface area contributed by atoms with Gasteiger partial charge in [0.2, 0.25) is 0 Å². The van der Waals surface area contributed by atoms with Gasteiger partial charge in [0.15, 0.2) is 0 Å². The predicted molar refractivity (Wildman–Crippen MR) is 270 cm³/mol. The van der Waals surface area contributed by atoms with E-state index in [1.165, 1.54) is 180 Å². The van der Waals surface area contributed by atoms with Gasteiger partial charge in [-0.3, -0.25) is 0 Å². The third-order valence-electron chi connectivity index (χ3n) is 8.98. The molecule has 0 fully saturated rings. The first-order valence-electron chi connectivity index (χ1n) is 21.1. The van der Waals surface area contributed by atoms with Crippen molar-refractivity contribution in [2.75, 3.05) is 60.9 Å². The number of thioether (sulfide) groups is 10. The van der Waals surface area contributed by atoms with Crippen LogP contribution in [0.25, 0.3) is 0 Å². The highest BCUT2D eigenvalue weighted by Crippen LogP contribution is 2.66. The molecule has 0 atom stereocenters. The van der Waals surface area contributed by atoms with Gasteiger partial charge in [-0.15, -0.1) is 70.6 Å². The first-order chi connectivity index (χ1) is 27.7. The van der Waals surface area contributed by atoms with Gasteiger partial charge < -0.3 is 9.47 Å². The van der Waals surface area contributed by atoms with Crippen LogP contribution in [0.15, 0.2) is 35.2 Å². The Hall–Kier alpha value is 1.36. The summed E-state index contributed by atoms with van der Waals surface area (Å²) in [5.74, 6) is 5.59. The van der Waals surface area contributed by atoms with E-state index in [-0.39, 0.29) is 0 Å². The molecule has 14 heteroatoms. The van der Waals surface area contributed by atoms with Gasteiger partial charge in [-0.25, -0.2) is 0 Å².